The molecule has 0 heterocycles. The lowest BCUT2D eigenvalue weighted by Gasteiger charge is -2.26. The Kier molecular flexibility index (Phi) is 4.43. The third-order valence-corrected chi connectivity index (χ3v) is 5.02. The third-order valence-electron chi connectivity index (χ3n) is 5.02. The molecule has 0 saturated heterocycles. The molecule has 2 rings (SSSR count). The standard InChI is InChI=1S/C18H28N2O/c1-17(2)11-5-6-15(17)16(21)20-14-9-7-13(8-10-14)18(3,4)12-19/h7-10,15H,5-6,11-12,19H2,1-4H3,(H,20,21). The predicted octanol–water partition coefficient (Wildman–Crippen LogP) is 3.69. The van der Waals surface area contributed by atoms with Gasteiger partial charge >= 0.3 is 0 Å². The summed E-state index contributed by atoms with van der Waals surface area (Å²) in [5.41, 5.74) is 7.96. The van der Waals surface area contributed by atoms with Gasteiger partial charge in [0, 0.05) is 23.6 Å². The molecule has 1 fully saturated rings. The van der Waals surface area contributed by atoms with Crippen LogP contribution in [0.2, 0.25) is 0 Å². The van der Waals surface area contributed by atoms with Crippen LogP contribution in [0.4, 0.5) is 5.69 Å². The molecule has 1 amide bonds. The second kappa shape index (κ2) is 5.80. The maximum Gasteiger partial charge on any atom is 0.228 e. The van der Waals surface area contributed by atoms with E-state index in [1.165, 1.54) is 5.56 Å². The molecule has 0 aromatic heterocycles. The van der Waals surface area contributed by atoms with Crippen LogP contribution < -0.4 is 11.1 Å². The molecule has 21 heavy (non-hydrogen) atoms. The summed E-state index contributed by atoms with van der Waals surface area (Å²) in [4.78, 5) is 12.4. The molecular weight excluding hydrogens is 260 g/mol. The maximum absolute atomic E-state index is 12.4. The molecule has 1 atom stereocenters. The Morgan fingerprint density at radius 3 is 2.43 bits per heavy atom. The zero-order valence-corrected chi connectivity index (χ0v) is 13.7. The highest BCUT2D eigenvalue weighted by Crippen LogP contribution is 2.43. The van der Waals surface area contributed by atoms with Crippen LogP contribution in [0.25, 0.3) is 0 Å². The average molecular weight is 288 g/mol. The number of hydrogen-bond donors (Lipinski definition) is 2. The summed E-state index contributed by atoms with van der Waals surface area (Å²) < 4.78 is 0. The molecule has 1 aromatic carbocycles. The van der Waals surface area contributed by atoms with Gasteiger partial charge in [0.2, 0.25) is 5.91 Å². The van der Waals surface area contributed by atoms with E-state index in [1.807, 2.05) is 12.1 Å². The number of benzene rings is 1. The van der Waals surface area contributed by atoms with E-state index in [9.17, 15) is 4.79 Å². The van der Waals surface area contributed by atoms with Crippen molar-refractivity contribution >= 4 is 11.6 Å². The topological polar surface area (TPSA) is 55.1 Å². The lowest BCUT2D eigenvalue weighted by Crippen LogP contribution is -2.31. The second-order valence-electron chi connectivity index (χ2n) is 7.59. The van der Waals surface area contributed by atoms with Crippen LogP contribution in [0.1, 0.15) is 52.5 Å². The molecule has 0 radical (unpaired) electrons. The summed E-state index contributed by atoms with van der Waals surface area (Å²) in [5, 5.41) is 3.07. The van der Waals surface area contributed by atoms with Gasteiger partial charge in [0.05, 0.1) is 0 Å². The first kappa shape index (κ1) is 16.0. The lowest BCUT2D eigenvalue weighted by molar-refractivity contribution is -0.122. The van der Waals surface area contributed by atoms with E-state index in [0.29, 0.717) is 6.54 Å². The Balaban J connectivity index is 2.05. The maximum atomic E-state index is 12.4. The number of hydrogen-bond acceptors (Lipinski definition) is 2. The first-order valence-electron chi connectivity index (χ1n) is 7.88. The number of carbonyl (C=O) groups is 1. The zero-order valence-electron chi connectivity index (χ0n) is 13.7. The largest absolute Gasteiger partial charge is 0.330 e. The van der Waals surface area contributed by atoms with Crippen LogP contribution in [0, 0.1) is 11.3 Å². The average Bonchev–Trinajstić information content (AvgIpc) is 2.79. The Hall–Kier alpha value is -1.35. The number of amides is 1. The molecule has 1 unspecified atom stereocenters. The van der Waals surface area contributed by atoms with Crippen molar-refractivity contribution in [3.05, 3.63) is 29.8 Å². The Morgan fingerprint density at radius 2 is 1.95 bits per heavy atom. The van der Waals surface area contributed by atoms with Gasteiger partial charge in [-0.2, -0.15) is 0 Å². The smallest absolute Gasteiger partial charge is 0.228 e. The number of carbonyl (C=O) groups excluding carboxylic acids is 1. The van der Waals surface area contributed by atoms with Gasteiger partial charge in [0.1, 0.15) is 0 Å². The predicted molar refractivity (Wildman–Crippen MR) is 88.3 cm³/mol. The van der Waals surface area contributed by atoms with E-state index in [0.717, 1.165) is 24.9 Å². The molecule has 1 aliphatic carbocycles. The zero-order chi connectivity index (χ0) is 15.7. The molecule has 1 saturated carbocycles. The van der Waals surface area contributed by atoms with E-state index < -0.39 is 0 Å². The number of nitrogens with two attached hydrogens (primary N) is 1. The monoisotopic (exact) mass is 288 g/mol. The van der Waals surface area contributed by atoms with Gasteiger partial charge in [-0.3, -0.25) is 4.79 Å². The Morgan fingerprint density at radius 1 is 1.33 bits per heavy atom. The number of nitrogens with one attached hydrogen (secondary N) is 1. The van der Waals surface area contributed by atoms with Crippen LogP contribution >= 0.6 is 0 Å². The summed E-state index contributed by atoms with van der Waals surface area (Å²) in [6.07, 6.45) is 3.28. The first-order valence-corrected chi connectivity index (χ1v) is 7.88. The van der Waals surface area contributed by atoms with Crippen molar-refractivity contribution < 1.29 is 4.79 Å². The molecule has 116 valence electrons. The summed E-state index contributed by atoms with van der Waals surface area (Å²) in [6.45, 7) is 9.24. The van der Waals surface area contributed by atoms with Gasteiger partial charge < -0.3 is 11.1 Å². The summed E-state index contributed by atoms with van der Waals surface area (Å²) in [5.74, 6) is 0.279. The fraction of sp³-hybridized carbons (Fsp3) is 0.611. The SMILES string of the molecule is CC(C)(CN)c1ccc(NC(=O)C2CCCC2(C)C)cc1. The first-order chi connectivity index (χ1) is 9.76. The second-order valence-corrected chi connectivity index (χ2v) is 7.59. The van der Waals surface area contributed by atoms with Crippen molar-refractivity contribution in [3.63, 3.8) is 0 Å². The summed E-state index contributed by atoms with van der Waals surface area (Å²) in [7, 11) is 0. The van der Waals surface area contributed by atoms with Crippen LogP contribution in [-0.2, 0) is 10.2 Å². The molecule has 3 N–H and O–H groups in total. The van der Waals surface area contributed by atoms with Crippen LogP contribution in [0.15, 0.2) is 24.3 Å². The van der Waals surface area contributed by atoms with Gasteiger partial charge in [-0.05, 0) is 36.0 Å². The van der Waals surface area contributed by atoms with Gasteiger partial charge in [0.25, 0.3) is 0 Å². The van der Waals surface area contributed by atoms with Gasteiger partial charge in [-0.25, -0.2) is 0 Å². The van der Waals surface area contributed by atoms with Crippen molar-refractivity contribution in [2.75, 3.05) is 11.9 Å². The van der Waals surface area contributed by atoms with Crippen molar-refractivity contribution in [2.24, 2.45) is 17.1 Å². The minimum absolute atomic E-state index is 0.0318. The molecule has 0 bridgehead atoms. The van der Waals surface area contributed by atoms with Crippen molar-refractivity contribution in [3.8, 4) is 0 Å². The van der Waals surface area contributed by atoms with E-state index >= 15 is 0 Å². The van der Waals surface area contributed by atoms with Gasteiger partial charge in [-0.15, -0.1) is 0 Å². The van der Waals surface area contributed by atoms with E-state index in [-0.39, 0.29) is 22.7 Å². The quantitative estimate of drug-likeness (QED) is 0.888. The molecule has 1 aromatic rings. The fourth-order valence-electron chi connectivity index (χ4n) is 3.16. The van der Waals surface area contributed by atoms with E-state index in [2.05, 4.69) is 45.1 Å². The number of anilines is 1. The summed E-state index contributed by atoms with van der Waals surface area (Å²) >= 11 is 0. The normalized spacial score (nSPS) is 21.3. The number of rotatable bonds is 4. The fourth-order valence-corrected chi connectivity index (χ4v) is 3.16. The summed E-state index contributed by atoms with van der Waals surface area (Å²) in [6, 6.07) is 8.07. The van der Waals surface area contributed by atoms with Crippen LogP contribution in [0.3, 0.4) is 0 Å². The molecule has 3 heteroatoms. The molecular formula is C18H28N2O. The molecule has 3 nitrogen and oxygen atoms in total. The van der Waals surface area contributed by atoms with Gasteiger partial charge in [0.15, 0.2) is 0 Å². The Bertz CT molecular complexity index is 502. The van der Waals surface area contributed by atoms with Crippen molar-refractivity contribution in [1.82, 2.24) is 0 Å². The highest BCUT2D eigenvalue weighted by molar-refractivity contribution is 5.93. The highest BCUT2D eigenvalue weighted by Gasteiger charge is 2.39. The van der Waals surface area contributed by atoms with Crippen molar-refractivity contribution in [2.45, 2.75) is 52.4 Å². The minimum Gasteiger partial charge on any atom is -0.330 e. The van der Waals surface area contributed by atoms with Crippen LogP contribution in [0.5, 0.6) is 0 Å². The molecule has 1 aliphatic rings. The lowest BCUT2D eigenvalue weighted by atomic mass is 9.81. The van der Waals surface area contributed by atoms with Gasteiger partial charge in [-0.1, -0.05) is 46.2 Å². The van der Waals surface area contributed by atoms with E-state index in [4.69, 9.17) is 5.73 Å². The van der Waals surface area contributed by atoms with Crippen molar-refractivity contribution in [1.29, 1.82) is 0 Å². The van der Waals surface area contributed by atoms with E-state index in [1.54, 1.807) is 0 Å². The highest BCUT2D eigenvalue weighted by atomic mass is 16.1. The molecule has 0 spiro atoms. The Labute approximate surface area is 128 Å². The third kappa shape index (κ3) is 3.46. The minimum atomic E-state index is -0.0318. The molecule has 0 aliphatic heterocycles. The van der Waals surface area contributed by atoms with Crippen LogP contribution in [-0.4, -0.2) is 12.5 Å².